The van der Waals surface area contributed by atoms with Crippen LogP contribution in [0.25, 0.3) is 0 Å². The van der Waals surface area contributed by atoms with Crippen LogP contribution in [0, 0.1) is 9.49 Å². The fourth-order valence-corrected chi connectivity index (χ4v) is 1.66. The van der Waals surface area contributed by atoms with Crippen molar-refractivity contribution in [2.45, 2.75) is 6.92 Å². The molecule has 1 aromatic rings. The Morgan fingerprint density at radius 3 is 2.71 bits per heavy atom. The van der Waals surface area contributed by atoms with Crippen molar-refractivity contribution in [2.24, 2.45) is 11.7 Å². The molecule has 0 heterocycles. The van der Waals surface area contributed by atoms with Gasteiger partial charge in [-0.05, 0) is 40.8 Å². The fraction of sp³-hybridized carbons (Fsp3) is 0.273. The number of nitrogens with one attached hydrogen (secondary N) is 1. The van der Waals surface area contributed by atoms with E-state index in [-0.39, 0.29) is 23.9 Å². The fourth-order valence-electron chi connectivity index (χ4n) is 1.17. The molecule has 1 rings (SSSR count). The first kappa shape index (κ1) is 13.9. The average molecular weight is 348 g/mol. The highest BCUT2D eigenvalue weighted by Crippen LogP contribution is 2.19. The second kappa shape index (κ2) is 5.97. The Balaban J connectivity index is 2.98. The van der Waals surface area contributed by atoms with E-state index in [1.165, 1.54) is 6.07 Å². The monoisotopic (exact) mass is 348 g/mol. The highest BCUT2D eigenvalue weighted by atomic mass is 127. The molecule has 0 fully saturated rings. The van der Waals surface area contributed by atoms with Gasteiger partial charge < -0.3 is 16.2 Å². The molecule has 0 radical (unpaired) electrons. The van der Waals surface area contributed by atoms with Gasteiger partial charge in [-0.25, -0.2) is 4.79 Å². The van der Waals surface area contributed by atoms with Crippen molar-refractivity contribution in [1.82, 2.24) is 0 Å². The summed E-state index contributed by atoms with van der Waals surface area (Å²) >= 11 is 2.01. The molecule has 0 aliphatic rings. The molecule has 0 saturated heterocycles. The summed E-state index contributed by atoms with van der Waals surface area (Å²) in [5.41, 5.74) is 5.74. The van der Waals surface area contributed by atoms with Gasteiger partial charge in [0.05, 0.1) is 11.3 Å². The van der Waals surface area contributed by atoms with Crippen molar-refractivity contribution < 1.29 is 14.7 Å². The Labute approximate surface area is 113 Å². The van der Waals surface area contributed by atoms with Gasteiger partial charge in [-0.15, -0.1) is 0 Å². The lowest BCUT2D eigenvalue weighted by molar-refractivity contribution is -0.119. The van der Waals surface area contributed by atoms with E-state index in [1.54, 1.807) is 19.1 Å². The van der Waals surface area contributed by atoms with Gasteiger partial charge in [0.25, 0.3) is 0 Å². The number of carboxylic acid groups (broad SMARTS) is 1. The molecule has 6 heteroatoms. The maximum absolute atomic E-state index is 11.6. The number of rotatable bonds is 4. The lowest BCUT2D eigenvalue weighted by Gasteiger charge is -2.12. The van der Waals surface area contributed by atoms with E-state index < -0.39 is 5.97 Å². The number of benzene rings is 1. The molecule has 5 nitrogen and oxygen atoms in total. The van der Waals surface area contributed by atoms with Gasteiger partial charge in [-0.1, -0.05) is 6.92 Å². The minimum Gasteiger partial charge on any atom is -0.478 e. The molecule has 1 unspecified atom stereocenters. The summed E-state index contributed by atoms with van der Waals surface area (Å²) in [6, 6.07) is 4.81. The van der Waals surface area contributed by atoms with Crippen LogP contribution in [0.2, 0.25) is 0 Å². The van der Waals surface area contributed by atoms with Crippen LogP contribution in [0.15, 0.2) is 18.2 Å². The van der Waals surface area contributed by atoms with Crippen LogP contribution in [-0.4, -0.2) is 23.5 Å². The minimum atomic E-state index is -1.07. The van der Waals surface area contributed by atoms with E-state index in [1.807, 2.05) is 22.6 Å². The van der Waals surface area contributed by atoms with Gasteiger partial charge in [-0.3, -0.25) is 4.79 Å². The Hall–Kier alpha value is -1.15. The summed E-state index contributed by atoms with van der Waals surface area (Å²) in [6.45, 7) is 1.90. The van der Waals surface area contributed by atoms with Gasteiger partial charge >= 0.3 is 5.97 Å². The second-order valence-electron chi connectivity index (χ2n) is 3.62. The topological polar surface area (TPSA) is 92.4 Å². The quantitative estimate of drug-likeness (QED) is 0.720. The van der Waals surface area contributed by atoms with Gasteiger partial charge in [-0.2, -0.15) is 0 Å². The van der Waals surface area contributed by atoms with Crippen molar-refractivity contribution in [2.75, 3.05) is 11.9 Å². The van der Waals surface area contributed by atoms with Gasteiger partial charge in [0.2, 0.25) is 5.91 Å². The second-order valence-corrected chi connectivity index (χ2v) is 4.87. The minimum absolute atomic E-state index is 0.0782. The number of carboxylic acids is 1. The molecule has 0 bridgehead atoms. The van der Waals surface area contributed by atoms with Crippen molar-refractivity contribution in [3.63, 3.8) is 0 Å². The number of carbonyl (C=O) groups is 2. The Morgan fingerprint density at radius 1 is 1.53 bits per heavy atom. The smallest absolute Gasteiger partial charge is 0.337 e. The molecule has 0 saturated carbocycles. The summed E-state index contributed by atoms with van der Waals surface area (Å²) in [5.74, 6) is -1.70. The van der Waals surface area contributed by atoms with E-state index >= 15 is 0 Å². The van der Waals surface area contributed by atoms with Crippen LogP contribution in [0.3, 0.4) is 0 Å². The molecule has 0 aliphatic carbocycles. The molecule has 1 amide bonds. The van der Waals surface area contributed by atoms with Crippen molar-refractivity contribution in [1.29, 1.82) is 0 Å². The number of hydrogen-bond donors (Lipinski definition) is 3. The standard InChI is InChI=1S/C11H13IN2O3/c1-6(5-13)10(15)14-9-3-2-7(12)4-8(9)11(16)17/h2-4,6H,5,13H2,1H3,(H,14,15)(H,16,17). The SMILES string of the molecule is CC(CN)C(=O)Nc1ccc(I)cc1C(=O)O. The Kier molecular flexibility index (Phi) is 4.88. The van der Waals surface area contributed by atoms with E-state index in [0.717, 1.165) is 3.57 Å². The van der Waals surface area contributed by atoms with Crippen molar-refractivity contribution >= 4 is 40.2 Å². The Bertz CT molecular complexity index is 448. The van der Waals surface area contributed by atoms with Crippen LogP contribution in [0.4, 0.5) is 5.69 Å². The maximum atomic E-state index is 11.6. The summed E-state index contributed by atoms with van der Waals surface area (Å²) < 4.78 is 0.796. The van der Waals surface area contributed by atoms with Gasteiger partial charge in [0.15, 0.2) is 0 Å². The zero-order valence-electron chi connectivity index (χ0n) is 9.24. The van der Waals surface area contributed by atoms with Crippen LogP contribution >= 0.6 is 22.6 Å². The number of anilines is 1. The molecule has 4 N–H and O–H groups in total. The molecule has 1 atom stereocenters. The molecule has 1 aromatic carbocycles. The largest absolute Gasteiger partial charge is 0.478 e. The van der Waals surface area contributed by atoms with E-state index in [9.17, 15) is 9.59 Å². The summed E-state index contributed by atoms with van der Waals surface area (Å²) in [5, 5.41) is 11.6. The van der Waals surface area contributed by atoms with E-state index in [2.05, 4.69) is 5.32 Å². The third-order valence-corrected chi connectivity index (χ3v) is 2.94. The summed E-state index contributed by atoms with van der Waals surface area (Å²) in [7, 11) is 0. The van der Waals surface area contributed by atoms with Crippen LogP contribution in [0.5, 0.6) is 0 Å². The average Bonchev–Trinajstić information content (AvgIpc) is 2.29. The zero-order chi connectivity index (χ0) is 13.0. The predicted octanol–water partition coefficient (Wildman–Crippen LogP) is 1.52. The van der Waals surface area contributed by atoms with Gasteiger partial charge in [0.1, 0.15) is 0 Å². The lowest BCUT2D eigenvalue weighted by Crippen LogP contribution is -2.27. The summed E-state index contributed by atoms with van der Waals surface area (Å²) in [6.07, 6.45) is 0. The lowest BCUT2D eigenvalue weighted by atomic mass is 10.1. The van der Waals surface area contributed by atoms with E-state index in [0.29, 0.717) is 5.69 Å². The summed E-state index contributed by atoms with van der Waals surface area (Å²) in [4.78, 5) is 22.6. The number of aromatic carboxylic acids is 1. The molecule has 0 aromatic heterocycles. The van der Waals surface area contributed by atoms with Crippen LogP contribution < -0.4 is 11.1 Å². The number of nitrogens with two attached hydrogens (primary N) is 1. The van der Waals surface area contributed by atoms with Gasteiger partial charge in [0, 0.05) is 16.0 Å². The molecule has 0 spiro atoms. The highest BCUT2D eigenvalue weighted by Gasteiger charge is 2.16. The molecule has 0 aliphatic heterocycles. The third kappa shape index (κ3) is 3.67. The number of carbonyl (C=O) groups excluding carboxylic acids is 1. The first-order valence-corrected chi connectivity index (χ1v) is 6.07. The molecular formula is C11H13IN2O3. The van der Waals surface area contributed by atoms with Crippen LogP contribution in [-0.2, 0) is 4.79 Å². The number of hydrogen-bond acceptors (Lipinski definition) is 3. The predicted molar refractivity (Wildman–Crippen MR) is 73.0 cm³/mol. The van der Waals surface area contributed by atoms with Crippen molar-refractivity contribution in [3.05, 3.63) is 27.3 Å². The van der Waals surface area contributed by atoms with Crippen LogP contribution in [0.1, 0.15) is 17.3 Å². The highest BCUT2D eigenvalue weighted by molar-refractivity contribution is 14.1. The van der Waals surface area contributed by atoms with Crippen molar-refractivity contribution in [3.8, 4) is 0 Å². The number of halogens is 1. The Morgan fingerprint density at radius 2 is 2.18 bits per heavy atom. The first-order chi connectivity index (χ1) is 7.95. The molecular weight excluding hydrogens is 335 g/mol. The maximum Gasteiger partial charge on any atom is 0.337 e. The van der Waals surface area contributed by atoms with E-state index in [4.69, 9.17) is 10.8 Å². The molecule has 17 heavy (non-hydrogen) atoms. The zero-order valence-corrected chi connectivity index (χ0v) is 11.4. The molecule has 92 valence electrons. The first-order valence-electron chi connectivity index (χ1n) is 4.99. The normalized spacial score (nSPS) is 11.9. The third-order valence-electron chi connectivity index (χ3n) is 2.27. The number of amides is 1.